The molecule has 0 radical (unpaired) electrons. The fourth-order valence-corrected chi connectivity index (χ4v) is 1.91. The lowest BCUT2D eigenvalue weighted by atomic mass is 10.1. The van der Waals surface area contributed by atoms with Gasteiger partial charge >= 0.3 is 0 Å². The van der Waals surface area contributed by atoms with Gasteiger partial charge in [-0.25, -0.2) is 0 Å². The minimum absolute atomic E-state index is 0.0799. The fraction of sp³-hybridized carbons (Fsp3) is 0.267. The van der Waals surface area contributed by atoms with E-state index in [4.69, 9.17) is 4.42 Å². The van der Waals surface area contributed by atoms with E-state index in [1.54, 1.807) is 43.3 Å². The number of phenolic OH excluding ortho intramolecular Hbond substituents is 1. The molecule has 0 saturated carbocycles. The van der Waals surface area contributed by atoms with E-state index in [0.717, 1.165) is 11.3 Å². The number of benzene rings is 1. The molecule has 1 aromatic carbocycles. The third-order valence-electron chi connectivity index (χ3n) is 3.16. The summed E-state index contributed by atoms with van der Waals surface area (Å²) >= 11 is 0. The Hall–Kier alpha value is -2.23. The Morgan fingerprint density at radius 1 is 1.32 bits per heavy atom. The van der Waals surface area contributed by atoms with E-state index in [2.05, 4.69) is 0 Å². The minimum Gasteiger partial charge on any atom is -0.508 e. The van der Waals surface area contributed by atoms with Crippen LogP contribution in [-0.4, -0.2) is 23.0 Å². The van der Waals surface area contributed by atoms with Gasteiger partial charge in [-0.15, -0.1) is 0 Å². The van der Waals surface area contributed by atoms with Crippen LogP contribution in [0.2, 0.25) is 0 Å². The van der Waals surface area contributed by atoms with Crippen molar-refractivity contribution >= 4 is 5.91 Å². The maximum Gasteiger partial charge on any atom is 0.253 e. The third kappa shape index (κ3) is 2.78. The van der Waals surface area contributed by atoms with Crippen molar-refractivity contribution in [2.24, 2.45) is 0 Å². The highest BCUT2D eigenvalue weighted by Crippen LogP contribution is 2.19. The molecule has 0 bridgehead atoms. The molecule has 0 aliphatic rings. The molecular formula is C15H17NO3. The minimum atomic E-state index is -0.0799. The van der Waals surface area contributed by atoms with Crippen molar-refractivity contribution in [3.8, 4) is 5.75 Å². The summed E-state index contributed by atoms with van der Waals surface area (Å²) in [5.41, 5.74) is 2.25. The number of furan rings is 1. The number of nitrogens with zero attached hydrogens (tertiary/aromatic N) is 1. The van der Waals surface area contributed by atoms with E-state index in [1.807, 2.05) is 13.0 Å². The molecule has 1 aromatic heterocycles. The molecule has 0 aliphatic heterocycles. The van der Waals surface area contributed by atoms with Crippen molar-refractivity contribution in [1.82, 2.24) is 4.90 Å². The first-order valence-corrected chi connectivity index (χ1v) is 6.07. The lowest BCUT2D eigenvalue weighted by Gasteiger charge is -2.17. The van der Waals surface area contributed by atoms with Gasteiger partial charge in [0.1, 0.15) is 11.5 Å². The Morgan fingerprint density at radius 3 is 2.63 bits per heavy atom. The smallest absolute Gasteiger partial charge is 0.253 e. The van der Waals surface area contributed by atoms with E-state index in [0.29, 0.717) is 17.7 Å². The SMILES string of the molecule is Cc1cc(C(=O)N(C)Cc2ccoc2C)ccc1O. The van der Waals surface area contributed by atoms with Crippen LogP contribution < -0.4 is 0 Å². The number of hydrogen-bond donors (Lipinski definition) is 1. The summed E-state index contributed by atoms with van der Waals surface area (Å²) in [5.74, 6) is 0.940. The topological polar surface area (TPSA) is 53.7 Å². The van der Waals surface area contributed by atoms with Crippen LogP contribution in [-0.2, 0) is 6.54 Å². The molecule has 0 saturated heterocycles. The summed E-state index contributed by atoms with van der Waals surface area (Å²) in [6.07, 6.45) is 1.62. The number of hydrogen-bond acceptors (Lipinski definition) is 3. The number of amides is 1. The van der Waals surface area contributed by atoms with Gasteiger partial charge < -0.3 is 14.4 Å². The second kappa shape index (κ2) is 5.18. The largest absolute Gasteiger partial charge is 0.508 e. The van der Waals surface area contributed by atoms with Gasteiger partial charge in [-0.3, -0.25) is 4.79 Å². The van der Waals surface area contributed by atoms with Crippen molar-refractivity contribution in [1.29, 1.82) is 0 Å². The van der Waals surface area contributed by atoms with Crippen LogP contribution in [0.5, 0.6) is 5.75 Å². The lowest BCUT2D eigenvalue weighted by Crippen LogP contribution is -2.26. The summed E-state index contributed by atoms with van der Waals surface area (Å²) in [6, 6.07) is 6.72. The molecule has 1 heterocycles. The number of aryl methyl sites for hydroxylation is 2. The van der Waals surface area contributed by atoms with Crippen LogP contribution in [0.4, 0.5) is 0 Å². The van der Waals surface area contributed by atoms with Crippen LogP contribution in [0.3, 0.4) is 0 Å². The van der Waals surface area contributed by atoms with Crippen molar-refractivity contribution in [3.05, 3.63) is 53.0 Å². The van der Waals surface area contributed by atoms with E-state index in [-0.39, 0.29) is 11.7 Å². The average molecular weight is 259 g/mol. The Morgan fingerprint density at radius 2 is 2.05 bits per heavy atom. The van der Waals surface area contributed by atoms with Crippen LogP contribution >= 0.6 is 0 Å². The highest BCUT2D eigenvalue weighted by molar-refractivity contribution is 5.94. The van der Waals surface area contributed by atoms with Gasteiger partial charge in [-0.1, -0.05) is 0 Å². The first-order valence-electron chi connectivity index (χ1n) is 6.07. The summed E-state index contributed by atoms with van der Waals surface area (Å²) in [4.78, 5) is 13.9. The second-order valence-corrected chi connectivity index (χ2v) is 4.66. The molecule has 0 unspecified atom stereocenters. The highest BCUT2D eigenvalue weighted by atomic mass is 16.3. The van der Waals surface area contributed by atoms with Gasteiger partial charge in [-0.05, 0) is 43.7 Å². The molecular weight excluding hydrogens is 242 g/mol. The van der Waals surface area contributed by atoms with E-state index < -0.39 is 0 Å². The molecule has 19 heavy (non-hydrogen) atoms. The number of rotatable bonds is 3. The van der Waals surface area contributed by atoms with Crippen LogP contribution in [0.15, 0.2) is 34.9 Å². The van der Waals surface area contributed by atoms with E-state index in [1.165, 1.54) is 0 Å². The van der Waals surface area contributed by atoms with Gasteiger partial charge in [0.2, 0.25) is 0 Å². The molecule has 0 atom stereocenters. The number of carbonyl (C=O) groups is 1. The monoisotopic (exact) mass is 259 g/mol. The lowest BCUT2D eigenvalue weighted by molar-refractivity contribution is 0.0784. The number of carbonyl (C=O) groups excluding carboxylic acids is 1. The first-order chi connectivity index (χ1) is 8.99. The molecule has 2 rings (SSSR count). The Labute approximate surface area is 112 Å². The Balaban J connectivity index is 2.15. The molecule has 2 aromatic rings. The van der Waals surface area contributed by atoms with Crippen LogP contribution in [0.1, 0.15) is 27.2 Å². The highest BCUT2D eigenvalue weighted by Gasteiger charge is 2.14. The van der Waals surface area contributed by atoms with Crippen molar-refractivity contribution in [2.45, 2.75) is 20.4 Å². The van der Waals surface area contributed by atoms with Crippen molar-refractivity contribution in [2.75, 3.05) is 7.05 Å². The summed E-state index contributed by atoms with van der Waals surface area (Å²) in [7, 11) is 1.75. The molecule has 4 nitrogen and oxygen atoms in total. The summed E-state index contributed by atoms with van der Waals surface area (Å²) in [6.45, 7) is 4.14. The van der Waals surface area contributed by atoms with Gasteiger partial charge in [-0.2, -0.15) is 0 Å². The standard InChI is InChI=1S/C15H17NO3/c1-10-8-12(4-5-14(10)17)15(18)16(3)9-13-6-7-19-11(13)2/h4-8,17H,9H2,1-3H3. The number of aromatic hydroxyl groups is 1. The second-order valence-electron chi connectivity index (χ2n) is 4.66. The van der Waals surface area contributed by atoms with Crippen LogP contribution in [0.25, 0.3) is 0 Å². The van der Waals surface area contributed by atoms with Crippen LogP contribution in [0, 0.1) is 13.8 Å². The maximum absolute atomic E-state index is 12.3. The number of phenols is 1. The summed E-state index contributed by atoms with van der Waals surface area (Å²) < 4.78 is 5.21. The predicted molar refractivity (Wildman–Crippen MR) is 72.1 cm³/mol. The molecule has 100 valence electrons. The maximum atomic E-state index is 12.3. The van der Waals surface area contributed by atoms with Crippen molar-refractivity contribution in [3.63, 3.8) is 0 Å². The third-order valence-corrected chi connectivity index (χ3v) is 3.16. The van der Waals surface area contributed by atoms with Gasteiger partial charge in [0.15, 0.2) is 0 Å². The molecule has 0 aliphatic carbocycles. The summed E-state index contributed by atoms with van der Waals surface area (Å²) in [5, 5.41) is 9.47. The quantitative estimate of drug-likeness (QED) is 0.922. The van der Waals surface area contributed by atoms with Gasteiger partial charge in [0, 0.05) is 24.7 Å². The molecule has 1 amide bonds. The zero-order valence-corrected chi connectivity index (χ0v) is 11.3. The Bertz CT molecular complexity index is 601. The normalized spacial score (nSPS) is 10.5. The average Bonchev–Trinajstić information content (AvgIpc) is 2.77. The zero-order chi connectivity index (χ0) is 14.0. The van der Waals surface area contributed by atoms with Gasteiger partial charge in [0.25, 0.3) is 5.91 Å². The van der Waals surface area contributed by atoms with Gasteiger partial charge in [0.05, 0.1) is 6.26 Å². The molecule has 1 N–H and O–H groups in total. The van der Waals surface area contributed by atoms with E-state index >= 15 is 0 Å². The first kappa shape index (κ1) is 13.2. The molecule has 0 fully saturated rings. The predicted octanol–water partition coefficient (Wildman–Crippen LogP) is 2.87. The fourth-order valence-electron chi connectivity index (χ4n) is 1.91. The molecule has 4 heteroatoms. The van der Waals surface area contributed by atoms with Crippen molar-refractivity contribution < 1.29 is 14.3 Å². The van der Waals surface area contributed by atoms with E-state index in [9.17, 15) is 9.90 Å². The molecule has 0 spiro atoms. The zero-order valence-electron chi connectivity index (χ0n) is 11.3. The Kier molecular flexibility index (Phi) is 3.60.